The van der Waals surface area contributed by atoms with Gasteiger partial charge in [0, 0.05) is 0 Å². The van der Waals surface area contributed by atoms with Crippen molar-refractivity contribution >= 4 is 5.97 Å². The van der Waals surface area contributed by atoms with E-state index in [2.05, 4.69) is 12.1 Å². The van der Waals surface area contributed by atoms with Gasteiger partial charge in [0.2, 0.25) is 0 Å². The standard InChI is InChI=1S/C14H21NO2/c1-11(2)17-14(16)13(15)10-6-9-12-7-4-3-5-8-12/h3-5,7-8,11,13H,6,9-10,15H2,1-2H3. The molecule has 0 bridgehead atoms. The normalized spacial score (nSPS) is 12.5. The first kappa shape index (κ1) is 13.7. The van der Waals surface area contributed by atoms with Crippen LogP contribution in [-0.2, 0) is 16.0 Å². The molecule has 1 aromatic rings. The molecule has 0 aliphatic carbocycles. The number of ether oxygens (including phenoxy) is 1. The van der Waals surface area contributed by atoms with E-state index in [1.807, 2.05) is 32.0 Å². The van der Waals surface area contributed by atoms with Crippen molar-refractivity contribution in [2.24, 2.45) is 5.73 Å². The SMILES string of the molecule is CC(C)OC(=O)C(N)CCCc1ccccc1. The molecule has 3 nitrogen and oxygen atoms in total. The van der Waals surface area contributed by atoms with E-state index >= 15 is 0 Å². The van der Waals surface area contributed by atoms with E-state index in [-0.39, 0.29) is 12.1 Å². The molecule has 1 aromatic carbocycles. The second kappa shape index (κ2) is 7.07. The van der Waals surface area contributed by atoms with Crippen LogP contribution >= 0.6 is 0 Å². The van der Waals surface area contributed by atoms with Crippen LogP contribution in [0.3, 0.4) is 0 Å². The lowest BCUT2D eigenvalue weighted by Crippen LogP contribution is -2.33. The number of esters is 1. The average molecular weight is 235 g/mol. The third-order valence-electron chi connectivity index (χ3n) is 2.48. The van der Waals surface area contributed by atoms with Gasteiger partial charge in [0.05, 0.1) is 6.10 Å². The molecule has 1 rings (SSSR count). The predicted octanol–water partition coefficient (Wildman–Crippen LogP) is 2.29. The highest BCUT2D eigenvalue weighted by Gasteiger charge is 2.15. The average Bonchev–Trinajstić information content (AvgIpc) is 2.29. The summed E-state index contributed by atoms with van der Waals surface area (Å²) >= 11 is 0. The van der Waals surface area contributed by atoms with Gasteiger partial charge in [-0.3, -0.25) is 4.79 Å². The van der Waals surface area contributed by atoms with Gasteiger partial charge < -0.3 is 10.5 Å². The molecule has 0 spiro atoms. The van der Waals surface area contributed by atoms with E-state index in [1.54, 1.807) is 0 Å². The quantitative estimate of drug-likeness (QED) is 0.770. The molecule has 0 fully saturated rings. The molecule has 3 heteroatoms. The van der Waals surface area contributed by atoms with Crippen molar-refractivity contribution in [1.82, 2.24) is 0 Å². The second-order valence-electron chi connectivity index (χ2n) is 4.47. The summed E-state index contributed by atoms with van der Waals surface area (Å²) in [4.78, 5) is 11.4. The van der Waals surface area contributed by atoms with Gasteiger partial charge in [-0.1, -0.05) is 30.3 Å². The molecule has 17 heavy (non-hydrogen) atoms. The van der Waals surface area contributed by atoms with Crippen LogP contribution in [0.2, 0.25) is 0 Å². The van der Waals surface area contributed by atoms with Gasteiger partial charge in [0.25, 0.3) is 0 Å². The number of nitrogens with two attached hydrogens (primary N) is 1. The van der Waals surface area contributed by atoms with Gasteiger partial charge in [-0.15, -0.1) is 0 Å². The molecule has 0 amide bonds. The minimum absolute atomic E-state index is 0.0947. The summed E-state index contributed by atoms with van der Waals surface area (Å²) in [6.07, 6.45) is 2.42. The Labute approximate surface area is 103 Å². The lowest BCUT2D eigenvalue weighted by molar-refractivity contribution is -0.149. The van der Waals surface area contributed by atoms with Gasteiger partial charge in [-0.05, 0) is 38.7 Å². The Bertz CT molecular complexity index is 335. The van der Waals surface area contributed by atoms with E-state index in [9.17, 15) is 4.79 Å². The van der Waals surface area contributed by atoms with Crippen molar-refractivity contribution in [3.63, 3.8) is 0 Å². The lowest BCUT2D eigenvalue weighted by Gasteiger charge is -2.13. The van der Waals surface area contributed by atoms with Crippen LogP contribution in [0.1, 0.15) is 32.3 Å². The minimum Gasteiger partial charge on any atom is -0.462 e. The predicted molar refractivity (Wildman–Crippen MR) is 68.6 cm³/mol. The van der Waals surface area contributed by atoms with Crippen molar-refractivity contribution in [2.45, 2.75) is 45.3 Å². The molecule has 0 aromatic heterocycles. The maximum atomic E-state index is 11.4. The number of aryl methyl sites for hydroxylation is 1. The molecule has 2 N–H and O–H groups in total. The summed E-state index contributed by atoms with van der Waals surface area (Å²) in [6.45, 7) is 3.66. The highest BCUT2D eigenvalue weighted by Crippen LogP contribution is 2.07. The largest absolute Gasteiger partial charge is 0.462 e. The Morgan fingerprint density at radius 3 is 2.53 bits per heavy atom. The Kier molecular flexibility index (Phi) is 5.70. The fourth-order valence-electron chi connectivity index (χ4n) is 1.61. The maximum Gasteiger partial charge on any atom is 0.323 e. The molecule has 94 valence electrons. The monoisotopic (exact) mass is 235 g/mol. The molecule has 1 atom stereocenters. The zero-order valence-corrected chi connectivity index (χ0v) is 10.6. The number of benzene rings is 1. The summed E-state index contributed by atoms with van der Waals surface area (Å²) in [5.74, 6) is -0.298. The summed E-state index contributed by atoms with van der Waals surface area (Å²) < 4.78 is 5.05. The zero-order chi connectivity index (χ0) is 12.7. The topological polar surface area (TPSA) is 52.3 Å². The summed E-state index contributed by atoms with van der Waals surface area (Å²) in [7, 11) is 0. The van der Waals surface area contributed by atoms with Gasteiger partial charge in [0.1, 0.15) is 6.04 Å². The summed E-state index contributed by atoms with van der Waals surface area (Å²) in [5.41, 5.74) is 7.03. The number of carbonyl (C=O) groups excluding carboxylic acids is 1. The van der Waals surface area contributed by atoms with Crippen molar-refractivity contribution in [1.29, 1.82) is 0 Å². The molecule has 1 unspecified atom stereocenters. The minimum atomic E-state index is -0.499. The summed E-state index contributed by atoms with van der Waals surface area (Å²) in [6, 6.07) is 9.69. The molecule has 0 saturated carbocycles. The fraction of sp³-hybridized carbons (Fsp3) is 0.500. The molecular formula is C14H21NO2. The maximum absolute atomic E-state index is 11.4. The van der Waals surface area contributed by atoms with E-state index in [4.69, 9.17) is 10.5 Å². The lowest BCUT2D eigenvalue weighted by atomic mass is 10.1. The smallest absolute Gasteiger partial charge is 0.323 e. The highest BCUT2D eigenvalue weighted by atomic mass is 16.5. The number of rotatable bonds is 6. The fourth-order valence-corrected chi connectivity index (χ4v) is 1.61. The van der Waals surface area contributed by atoms with Crippen molar-refractivity contribution in [3.05, 3.63) is 35.9 Å². The van der Waals surface area contributed by atoms with Gasteiger partial charge in [-0.2, -0.15) is 0 Å². The Morgan fingerprint density at radius 2 is 1.94 bits per heavy atom. The van der Waals surface area contributed by atoms with E-state index < -0.39 is 6.04 Å². The van der Waals surface area contributed by atoms with Crippen LogP contribution in [-0.4, -0.2) is 18.1 Å². The first-order chi connectivity index (χ1) is 8.09. The first-order valence-corrected chi connectivity index (χ1v) is 6.09. The molecule has 0 saturated heterocycles. The third kappa shape index (κ3) is 5.50. The first-order valence-electron chi connectivity index (χ1n) is 6.09. The Morgan fingerprint density at radius 1 is 1.29 bits per heavy atom. The van der Waals surface area contributed by atoms with Crippen LogP contribution in [0, 0.1) is 0 Å². The van der Waals surface area contributed by atoms with Gasteiger partial charge in [0.15, 0.2) is 0 Å². The Hall–Kier alpha value is -1.35. The van der Waals surface area contributed by atoms with E-state index in [1.165, 1.54) is 5.56 Å². The number of hydrogen-bond acceptors (Lipinski definition) is 3. The number of hydrogen-bond donors (Lipinski definition) is 1. The highest BCUT2D eigenvalue weighted by molar-refractivity contribution is 5.75. The van der Waals surface area contributed by atoms with E-state index in [0.29, 0.717) is 6.42 Å². The number of carbonyl (C=O) groups is 1. The molecule has 0 radical (unpaired) electrons. The van der Waals surface area contributed by atoms with E-state index in [0.717, 1.165) is 12.8 Å². The second-order valence-corrected chi connectivity index (χ2v) is 4.47. The zero-order valence-electron chi connectivity index (χ0n) is 10.6. The summed E-state index contributed by atoms with van der Waals surface area (Å²) in [5, 5.41) is 0. The van der Waals surface area contributed by atoms with Crippen molar-refractivity contribution < 1.29 is 9.53 Å². The molecule has 0 aliphatic rings. The van der Waals surface area contributed by atoms with Gasteiger partial charge >= 0.3 is 5.97 Å². The van der Waals surface area contributed by atoms with Crippen molar-refractivity contribution in [2.75, 3.05) is 0 Å². The van der Waals surface area contributed by atoms with Crippen LogP contribution in [0.5, 0.6) is 0 Å². The Balaban J connectivity index is 2.24. The van der Waals surface area contributed by atoms with Crippen LogP contribution < -0.4 is 5.73 Å². The van der Waals surface area contributed by atoms with Crippen molar-refractivity contribution in [3.8, 4) is 0 Å². The molecule has 0 aliphatic heterocycles. The van der Waals surface area contributed by atoms with Gasteiger partial charge in [-0.25, -0.2) is 0 Å². The molecular weight excluding hydrogens is 214 g/mol. The van der Waals surface area contributed by atoms with Crippen LogP contribution in [0.4, 0.5) is 0 Å². The van der Waals surface area contributed by atoms with Crippen LogP contribution in [0.25, 0.3) is 0 Å². The molecule has 0 heterocycles. The third-order valence-corrected chi connectivity index (χ3v) is 2.48. The van der Waals surface area contributed by atoms with Crippen LogP contribution in [0.15, 0.2) is 30.3 Å².